The molecule has 0 aliphatic carbocycles. The summed E-state index contributed by atoms with van der Waals surface area (Å²) in [5.41, 5.74) is 3.13. The van der Waals surface area contributed by atoms with Crippen LogP contribution in [0.1, 0.15) is 5.56 Å². The van der Waals surface area contributed by atoms with E-state index in [2.05, 4.69) is 20.1 Å². The fourth-order valence-electron chi connectivity index (χ4n) is 4.07. The first-order valence-corrected chi connectivity index (χ1v) is 10.8. The fraction of sp³-hybridized carbons (Fsp3) is 0.217. The highest BCUT2D eigenvalue weighted by Crippen LogP contribution is 2.27. The van der Waals surface area contributed by atoms with Crippen LogP contribution in [0, 0.1) is 6.92 Å². The minimum absolute atomic E-state index is 0.0591. The molecule has 13 heteroatoms. The lowest BCUT2D eigenvalue weighted by atomic mass is 10.1. The van der Waals surface area contributed by atoms with Gasteiger partial charge in [0.15, 0.2) is 0 Å². The summed E-state index contributed by atoms with van der Waals surface area (Å²) in [6.07, 6.45) is 3.63. The molecule has 4 heterocycles. The van der Waals surface area contributed by atoms with Crippen LogP contribution in [0.4, 0.5) is 13.2 Å². The normalized spacial score (nSPS) is 11.9. The molecule has 0 saturated heterocycles. The molecule has 0 radical (unpaired) electrons. The number of pyridine rings is 1. The van der Waals surface area contributed by atoms with Crippen molar-refractivity contribution in [3.63, 3.8) is 0 Å². The molecule has 36 heavy (non-hydrogen) atoms. The molecule has 1 aromatic carbocycles. The number of rotatable bonds is 5. The van der Waals surface area contributed by atoms with E-state index in [0.29, 0.717) is 22.2 Å². The van der Waals surface area contributed by atoms with Gasteiger partial charge in [0.05, 0.1) is 28.9 Å². The van der Waals surface area contributed by atoms with E-state index in [1.165, 1.54) is 4.57 Å². The standard InChI is InChI=1S/C23H19F3N8O2/c1-13-4-3-5-17-20(13)34(22(36)33(17)11-19(35)30-12-23(24,25)26)21-28-6-14(7-29-21)15-8-27-10-18-16(15)9-31-32(18)2/h3-10H,11-12H2,1-2H3,(H,30,35). The smallest absolute Gasteiger partial charge is 0.345 e. The number of nitrogens with one attached hydrogen (secondary N) is 1. The van der Waals surface area contributed by atoms with Crippen molar-refractivity contribution >= 4 is 27.8 Å². The molecule has 0 unspecified atom stereocenters. The number of imidazole rings is 1. The van der Waals surface area contributed by atoms with Crippen LogP contribution in [0.5, 0.6) is 0 Å². The number of hydrogen-bond donors (Lipinski definition) is 1. The number of halogens is 3. The molecule has 5 rings (SSSR count). The topological polar surface area (TPSA) is 113 Å². The van der Waals surface area contributed by atoms with Gasteiger partial charge in [-0.1, -0.05) is 12.1 Å². The monoisotopic (exact) mass is 496 g/mol. The molecule has 184 valence electrons. The second-order valence-electron chi connectivity index (χ2n) is 8.20. The minimum Gasteiger partial charge on any atom is -0.345 e. The van der Waals surface area contributed by atoms with Crippen molar-refractivity contribution < 1.29 is 18.0 Å². The van der Waals surface area contributed by atoms with Crippen molar-refractivity contribution in [1.29, 1.82) is 0 Å². The predicted molar refractivity (Wildman–Crippen MR) is 124 cm³/mol. The molecular formula is C23H19F3N8O2. The molecule has 0 saturated carbocycles. The summed E-state index contributed by atoms with van der Waals surface area (Å²) in [7, 11) is 1.81. The van der Waals surface area contributed by atoms with Crippen LogP contribution in [0.3, 0.4) is 0 Å². The first kappa shape index (κ1) is 23.2. The van der Waals surface area contributed by atoms with Gasteiger partial charge in [-0.05, 0) is 18.6 Å². The second kappa shape index (κ2) is 8.59. The number of para-hydroxylation sites is 1. The second-order valence-corrected chi connectivity index (χ2v) is 8.20. The summed E-state index contributed by atoms with van der Waals surface area (Å²) in [5.74, 6) is -0.882. The largest absolute Gasteiger partial charge is 0.405 e. The molecule has 4 aromatic heterocycles. The predicted octanol–water partition coefficient (Wildman–Crippen LogP) is 2.52. The van der Waals surface area contributed by atoms with Gasteiger partial charge >= 0.3 is 11.9 Å². The van der Waals surface area contributed by atoms with Gasteiger partial charge in [0.1, 0.15) is 13.1 Å². The lowest BCUT2D eigenvalue weighted by molar-refractivity contribution is -0.138. The average Bonchev–Trinajstić information content (AvgIpc) is 3.36. The molecule has 0 spiro atoms. The van der Waals surface area contributed by atoms with Crippen LogP contribution in [0.25, 0.3) is 39.0 Å². The number of hydrogen-bond acceptors (Lipinski definition) is 6. The Balaban J connectivity index is 1.56. The number of aromatic nitrogens is 7. The molecule has 0 bridgehead atoms. The number of aryl methyl sites for hydroxylation is 2. The molecule has 0 atom stereocenters. The van der Waals surface area contributed by atoms with Crippen molar-refractivity contribution in [1.82, 2.24) is 39.2 Å². The van der Waals surface area contributed by atoms with Gasteiger partial charge in [0.25, 0.3) is 0 Å². The van der Waals surface area contributed by atoms with Gasteiger partial charge in [-0.2, -0.15) is 18.3 Å². The van der Waals surface area contributed by atoms with Gasteiger partial charge in [-0.25, -0.2) is 19.3 Å². The Morgan fingerprint density at radius 2 is 1.81 bits per heavy atom. The molecule has 10 nitrogen and oxygen atoms in total. The number of nitrogens with zero attached hydrogens (tertiary/aromatic N) is 7. The fourth-order valence-corrected chi connectivity index (χ4v) is 4.07. The van der Waals surface area contributed by atoms with E-state index in [4.69, 9.17) is 0 Å². The Morgan fingerprint density at radius 3 is 2.53 bits per heavy atom. The van der Waals surface area contributed by atoms with Crippen LogP contribution >= 0.6 is 0 Å². The number of carbonyl (C=O) groups is 1. The maximum atomic E-state index is 13.3. The van der Waals surface area contributed by atoms with Crippen molar-refractivity contribution in [3.8, 4) is 17.1 Å². The summed E-state index contributed by atoms with van der Waals surface area (Å²) >= 11 is 0. The van der Waals surface area contributed by atoms with Crippen LogP contribution in [-0.2, 0) is 18.4 Å². The van der Waals surface area contributed by atoms with E-state index < -0.39 is 30.9 Å². The van der Waals surface area contributed by atoms with Gasteiger partial charge in [0.2, 0.25) is 11.9 Å². The third kappa shape index (κ3) is 4.08. The molecule has 1 N–H and O–H groups in total. The molecule has 0 aliphatic heterocycles. The van der Waals surface area contributed by atoms with Gasteiger partial charge < -0.3 is 5.32 Å². The zero-order chi connectivity index (χ0) is 25.6. The van der Waals surface area contributed by atoms with Gasteiger partial charge in [-0.3, -0.25) is 19.0 Å². The highest BCUT2D eigenvalue weighted by atomic mass is 19.4. The van der Waals surface area contributed by atoms with E-state index in [-0.39, 0.29) is 5.95 Å². The van der Waals surface area contributed by atoms with Gasteiger partial charge in [-0.15, -0.1) is 0 Å². The summed E-state index contributed by atoms with van der Waals surface area (Å²) in [4.78, 5) is 38.5. The Bertz CT molecular complexity index is 1670. The highest BCUT2D eigenvalue weighted by molar-refractivity contribution is 5.93. The third-order valence-electron chi connectivity index (χ3n) is 5.77. The zero-order valence-corrected chi connectivity index (χ0v) is 19.1. The summed E-state index contributed by atoms with van der Waals surface area (Å²) < 4.78 is 41.5. The number of amides is 1. The van der Waals surface area contributed by atoms with Crippen LogP contribution in [0.2, 0.25) is 0 Å². The summed E-state index contributed by atoms with van der Waals surface area (Å²) in [6.45, 7) is -0.300. The SMILES string of the molecule is Cc1cccc2c1n(-c1ncc(-c3cncc4c3cnn4C)cn1)c(=O)n2CC(=O)NCC(F)(F)F. The summed E-state index contributed by atoms with van der Waals surface area (Å²) in [6, 6.07) is 5.08. The number of alkyl halides is 3. The van der Waals surface area contributed by atoms with Crippen molar-refractivity contribution in [2.24, 2.45) is 7.05 Å². The van der Waals surface area contributed by atoms with Gasteiger partial charge in [0, 0.05) is 42.2 Å². The van der Waals surface area contributed by atoms with E-state index in [0.717, 1.165) is 21.0 Å². The average molecular weight is 496 g/mol. The number of fused-ring (bicyclic) bond motifs is 2. The van der Waals surface area contributed by atoms with E-state index >= 15 is 0 Å². The third-order valence-corrected chi connectivity index (χ3v) is 5.77. The molecule has 0 aliphatic rings. The van der Waals surface area contributed by atoms with Crippen molar-refractivity contribution in [3.05, 3.63) is 65.2 Å². The summed E-state index contributed by atoms with van der Waals surface area (Å²) in [5, 5.41) is 6.90. The maximum absolute atomic E-state index is 13.3. The molecule has 1 amide bonds. The Morgan fingerprint density at radius 1 is 1.06 bits per heavy atom. The molecular weight excluding hydrogens is 477 g/mol. The van der Waals surface area contributed by atoms with Crippen LogP contribution < -0.4 is 11.0 Å². The van der Waals surface area contributed by atoms with E-state index in [1.54, 1.807) is 73.2 Å². The maximum Gasteiger partial charge on any atom is 0.405 e. The first-order valence-electron chi connectivity index (χ1n) is 10.8. The van der Waals surface area contributed by atoms with E-state index in [9.17, 15) is 22.8 Å². The molecule has 0 fully saturated rings. The van der Waals surface area contributed by atoms with Crippen molar-refractivity contribution in [2.45, 2.75) is 19.6 Å². The Kier molecular flexibility index (Phi) is 5.54. The minimum atomic E-state index is -4.56. The lowest BCUT2D eigenvalue weighted by Gasteiger charge is -2.08. The highest BCUT2D eigenvalue weighted by Gasteiger charge is 2.28. The number of benzene rings is 1. The number of carbonyl (C=O) groups excluding carboxylic acids is 1. The Hall–Kier alpha value is -4.55. The van der Waals surface area contributed by atoms with Crippen LogP contribution in [0.15, 0.2) is 54.0 Å². The van der Waals surface area contributed by atoms with Crippen LogP contribution in [-0.4, -0.2) is 52.5 Å². The zero-order valence-electron chi connectivity index (χ0n) is 19.1. The van der Waals surface area contributed by atoms with Crippen molar-refractivity contribution in [2.75, 3.05) is 6.54 Å². The quantitative estimate of drug-likeness (QED) is 0.400. The Labute approximate surface area is 201 Å². The molecule has 5 aromatic rings. The van der Waals surface area contributed by atoms with E-state index in [1.807, 2.05) is 0 Å². The lowest BCUT2D eigenvalue weighted by Crippen LogP contribution is -2.38. The first-order chi connectivity index (χ1) is 17.1.